The molecule has 0 unspecified atom stereocenters. The molecule has 0 saturated heterocycles. The van der Waals surface area contributed by atoms with E-state index in [1.165, 1.54) is 6.07 Å². The van der Waals surface area contributed by atoms with Crippen LogP contribution in [0.15, 0.2) is 18.2 Å². The Labute approximate surface area is 88.3 Å². The van der Waals surface area contributed by atoms with Gasteiger partial charge in [0.05, 0.1) is 12.2 Å². The van der Waals surface area contributed by atoms with Gasteiger partial charge in [-0.15, -0.1) is 12.3 Å². The average molecular weight is 199 g/mol. The number of hydrogen-bond acceptors (Lipinski definition) is 3. The maximum atomic E-state index is 10.5. The second-order valence-corrected chi connectivity index (χ2v) is 2.79. The summed E-state index contributed by atoms with van der Waals surface area (Å²) in [6, 6.07) is 6.64. The molecule has 0 aliphatic heterocycles. The molecular formula is C12H9NO2. The van der Waals surface area contributed by atoms with Gasteiger partial charge in [-0.3, -0.25) is 4.79 Å². The molecular weight excluding hydrogens is 190 g/mol. The molecule has 0 spiro atoms. The first-order valence-corrected chi connectivity index (χ1v) is 4.37. The molecule has 0 atom stereocenters. The summed E-state index contributed by atoms with van der Waals surface area (Å²) in [5, 5.41) is 8.81. The number of hydrogen-bond donors (Lipinski definition) is 0. The molecule has 74 valence electrons. The Balaban J connectivity index is 2.85. The molecule has 0 bridgehead atoms. The number of terminal acetylenes is 1. The number of carbonyl (C=O) groups is 1. The van der Waals surface area contributed by atoms with E-state index in [4.69, 9.17) is 16.4 Å². The molecule has 0 aliphatic carbocycles. The third-order valence-corrected chi connectivity index (χ3v) is 1.76. The van der Waals surface area contributed by atoms with Gasteiger partial charge in [0.1, 0.15) is 18.1 Å². The van der Waals surface area contributed by atoms with Crippen molar-refractivity contribution in [3.63, 3.8) is 0 Å². The van der Waals surface area contributed by atoms with Gasteiger partial charge in [0, 0.05) is 12.0 Å². The van der Waals surface area contributed by atoms with Crippen molar-refractivity contribution >= 4 is 6.29 Å². The van der Waals surface area contributed by atoms with Crippen LogP contribution in [0.3, 0.4) is 0 Å². The van der Waals surface area contributed by atoms with Crippen molar-refractivity contribution in [1.82, 2.24) is 0 Å². The summed E-state index contributed by atoms with van der Waals surface area (Å²) in [6.07, 6.45) is 6.24. The lowest BCUT2D eigenvalue weighted by molar-refractivity contribution is 0.112. The predicted octanol–water partition coefficient (Wildman–Crippen LogP) is 1.77. The Hall–Kier alpha value is -2.26. The first-order valence-electron chi connectivity index (χ1n) is 4.37. The van der Waals surface area contributed by atoms with Crippen LogP contribution in [0.2, 0.25) is 0 Å². The van der Waals surface area contributed by atoms with Gasteiger partial charge in [-0.2, -0.15) is 5.26 Å². The van der Waals surface area contributed by atoms with Gasteiger partial charge >= 0.3 is 0 Å². The summed E-state index contributed by atoms with van der Waals surface area (Å²) in [5.74, 6) is 2.89. The first kappa shape index (κ1) is 10.8. The minimum Gasteiger partial charge on any atom is -0.491 e. The van der Waals surface area contributed by atoms with Gasteiger partial charge < -0.3 is 4.74 Å². The summed E-state index contributed by atoms with van der Waals surface area (Å²) in [6.45, 7) is 0.367. The fraction of sp³-hybridized carbons (Fsp3) is 0.167. The van der Waals surface area contributed by atoms with Crippen LogP contribution >= 0.6 is 0 Å². The predicted molar refractivity (Wildman–Crippen MR) is 55.5 cm³/mol. The Morgan fingerprint density at radius 1 is 1.53 bits per heavy atom. The minimum absolute atomic E-state index is 0.344. The number of nitriles is 1. The van der Waals surface area contributed by atoms with E-state index in [-0.39, 0.29) is 0 Å². The molecule has 0 aromatic heterocycles. The largest absolute Gasteiger partial charge is 0.491 e. The van der Waals surface area contributed by atoms with E-state index in [1.807, 2.05) is 6.07 Å². The van der Waals surface area contributed by atoms with Crippen molar-refractivity contribution in [2.45, 2.75) is 6.42 Å². The van der Waals surface area contributed by atoms with E-state index in [0.717, 1.165) is 0 Å². The monoisotopic (exact) mass is 199 g/mol. The molecule has 0 N–H and O–H groups in total. The Morgan fingerprint density at radius 2 is 2.33 bits per heavy atom. The second-order valence-electron chi connectivity index (χ2n) is 2.79. The number of nitrogens with zero attached hydrogens (tertiary/aromatic N) is 1. The number of carbonyl (C=O) groups excluding carboxylic acids is 1. The standard InChI is InChI=1S/C12H9NO2/c1-2-3-6-15-12-5-4-10(9-14)7-11(12)8-13/h1,4-5,7,9H,3,6H2. The Bertz CT molecular complexity index is 438. The van der Waals surface area contributed by atoms with E-state index in [0.29, 0.717) is 36.2 Å². The fourth-order valence-corrected chi connectivity index (χ4v) is 1.05. The highest BCUT2D eigenvalue weighted by atomic mass is 16.5. The number of ether oxygens (including phenoxy) is 1. The van der Waals surface area contributed by atoms with Crippen molar-refractivity contribution in [3.8, 4) is 24.2 Å². The Kier molecular flexibility index (Phi) is 3.94. The molecule has 0 fully saturated rings. The molecule has 0 saturated carbocycles. The van der Waals surface area contributed by atoms with Crippen LogP contribution in [0.1, 0.15) is 22.3 Å². The van der Waals surface area contributed by atoms with E-state index >= 15 is 0 Å². The second kappa shape index (κ2) is 5.47. The molecule has 1 aromatic carbocycles. The summed E-state index contributed by atoms with van der Waals surface area (Å²) in [4.78, 5) is 10.5. The summed E-state index contributed by atoms with van der Waals surface area (Å²) in [7, 11) is 0. The van der Waals surface area contributed by atoms with Crippen molar-refractivity contribution in [2.75, 3.05) is 6.61 Å². The molecule has 0 amide bonds. The first-order chi connectivity index (χ1) is 7.31. The zero-order chi connectivity index (χ0) is 11.1. The summed E-state index contributed by atoms with van der Waals surface area (Å²) < 4.78 is 5.29. The van der Waals surface area contributed by atoms with Gasteiger partial charge in [-0.05, 0) is 18.2 Å². The lowest BCUT2D eigenvalue weighted by Gasteiger charge is -2.05. The maximum absolute atomic E-state index is 10.5. The average Bonchev–Trinajstić information content (AvgIpc) is 2.29. The third-order valence-electron chi connectivity index (χ3n) is 1.76. The normalized spacial score (nSPS) is 8.67. The van der Waals surface area contributed by atoms with Crippen molar-refractivity contribution in [1.29, 1.82) is 5.26 Å². The Morgan fingerprint density at radius 3 is 2.93 bits per heavy atom. The van der Waals surface area contributed by atoms with Gasteiger partial charge in [-0.25, -0.2) is 0 Å². The summed E-state index contributed by atoms with van der Waals surface area (Å²) in [5.41, 5.74) is 0.799. The van der Waals surface area contributed by atoms with Crippen molar-refractivity contribution in [3.05, 3.63) is 29.3 Å². The molecule has 0 radical (unpaired) electrons. The van der Waals surface area contributed by atoms with E-state index < -0.39 is 0 Å². The van der Waals surface area contributed by atoms with Crippen LogP contribution in [0, 0.1) is 23.7 Å². The van der Waals surface area contributed by atoms with Crippen LogP contribution in [0.5, 0.6) is 5.75 Å². The molecule has 1 aromatic rings. The number of benzene rings is 1. The number of aldehydes is 1. The summed E-state index contributed by atoms with van der Waals surface area (Å²) >= 11 is 0. The lowest BCUT2D eigenvalue weighted by Crippen LogP contribution is -1.98. The van der Waals surface area contributed by atoms with E-state index in [1.54, 1.807) is 12.1 Å². The van der Waals surface area contributed by atoms with Crippen LogP contribution in [0.25, 0.3) is 0 Å². The van der Waals surface area contributed by atoms with Crippen molar-refractivity contribution in [2.24, 2.45) is 0 Å². The van der Waals surface area contributed by atoms with Gasteiger partial charge in [-0.1, -0.05) is 0 Å². The van der Waals surface area contributed by atoms with Crippen molar-refractivity contribution < 1.29 is 9.53 Å². The molecule has 1 rings (SSSR count). The van der Waals surface area contributed by atoms with E-state index in [2.05, 4.69) is 5.92 Å². The van der Waals surface area contributed by atoms with Crippen LogP contribution < -0.4 is 4.74 Å². The molecule has 0 aliphatic rings. The minimum atomic E-state index is 0.344. The number of rotatable bonds is 4. The van der Waals surface area contributed by atoms with Gasteiger partial charge in [0.15, 0.2) is 0 Å². The smallest absolute Gasteiger partial charge is 0.150 e. The van der Waals surface area contributed by atoms with Crippen LogP contribution in [-0.2, 0) is 0 Å². The topological polar surface area (TPSA) is 50.1 Å². The lowest BCUT2D eigenvalue weighted by atomic mass is 10.1. The highest BCUT2D eigenvalue weighted by molar-refractivity contribution is 5.76. The van der Waals surface area contributed by atoms with Gasteiger partial charge in [0.2, 0.25) is 0 Å². The third kappa shape index (κ3) is 2.86. The molecule has 3 nitrogen and oxygen atoms in total. The van der Waals surface area contributed by atoms with Gasteiger partial charge in [0.25, 0.3) is 0 Å². The SMILES string of the molecule is C#CCCOc1ccc(C=O)cc1C#N. The highest BCUT2D eigenvalue weighted by Crippen LogP contribution is 2.18. The molecule has 15 heavy (non-hydrogen) atoms. The highest BCUT2D eigenvalue weighted by Gasteiger charge is 2.03. The fourth-order valence-electron chi connectivity index (χ4n) is 1.05. The zero-order valence-corrected chi connectivity index (χ0v) is 8.06. The van der Waals surface area contributed by atoms with E-state index in [9.17, 15) is 4.79 Å². The zero-order valence-electron chi connectivity index (χ0n) is 8.06. The quantitative estimate of drug-likeness (QED) is 0.422. The van der Waals surface area contributed by atoms with Crippen LogP contribution in [-0.4, -0.2) is 12.9 Å². The molecule has 0 heterocycles. The maximum Gasteiger partial charge on any atom is 0.150 e. The molecule has 3 heteroatoms. The van der Waals surface area contributed by atoms with Crippen LogP contribution in [0.4, 0.5) is 0 Å².